The fourth-order valence-electron chi connectivity index (χ4n) is 18.3. The highest BCUT2D eigenvalue weighted by Crippen LogP contribution is 2.41. The van der Waals surface area contributed by atoms with Gasteiger partial charge in [-0.2, -0.15) is 0 Å². The summed E-state index contributed by atoms with van der Waals surface area (Å²) in [6.07, 6.45) is 0. The number of hydrogen-bond acceptors (Lipinski definition) is 5. The Balaban J connectivity index is 0.000000106. The minimum atomic E-state index is 1.09. The van der Waals surface area contributed by atoms with Crippen molar-refractivity contribution in [2.45, 2.75) is 34.6 Å². The van der Waals surface area contributed by atoms with E-state index >= 15 is 0 Å². The van der Waals surface area contributed by atoms with E-state index in [-0.39, 0.29) is 0 Å². The van der Waals surface area contributed by atoms with Gasteiger partial charge in [-0.05, 0) is 287 Å². The van der Waals surface area contributed by atoms with Gasteiger partial charge in [-0.15, -0.1) is 0 Å². The molecule has 24 aromatic rings. The van der Waals surface area contributed by atoms with Crippen LogP contribution in [-0.4, -0.2) is 0 Å². The summed E-state index contributed by atoms with van der Waals surface area (Å²) >= 11 is 0. The van der Waals surface area contributed by atoms with Crippen LogP contribution in [0.3, 0.4) is 0 Å². The van der Waals surface area contributed by atoms with Crippen LogP contribution in [0.4, 0.5) is 62.6 Å². The molecule has 0 aliphatic heterocycles. The number of benzene rings is 24. The first kappa shape index (κ1) is 88.3. The first-order valence-electron chi connectivity index (χ1n) is 47.4. The lowest BCUT2D eigenvalue weighted by Crippen LogP contribution is -2.09. The summed E-state index contributed by atoms with van der Waals surface area (Å²) in [5.41, 5.74) is 31.1. The minimum Gasteiger partial charge on any atom is -0.356 e. The molecule has 0 amide bonds. The Morgan fingerprint density at radius 3 is 0.819 bits per heavy atom. The molecule has 0 unspecified atom stereocenters. The molecule has 0 radical (unpaired) electrons. The van der Waals surface area contributed by atoms with Gasteiger partial charge < -0.3 is 26.2 Å². The fraction of sp³-hybridized carbons (Fsp3) is 0.0376. The fourth-order valence-corrected chi connectivity index (χ4v) is 18.3. The van der Waals surface area contributed by atoms with E-state index in [1.807, 2.05) is 12.1 Å². The molecule has 24 aromatic carbocycles. The van der Waals surface area contributed by atoms with Crippen LogP contribution in [-0.2, 0) is 0 Å². The zero-order chi connectivity index (χ0) is 93.5. The molecule has 0 saturated carbocycles. The van der Waals surface area contributed by atoms with E-state index in [1.165, 1.54) is 170 Å². The summed E-state index contributed by atoms with van der Waals surface area (Å²) in [5, 5.41) is 34.7. The molecule has 0 fully saturated rings. The van der Waals surface area contributed by atoms with Crippen LogP contribution in [0.25, 0.3) is 142 Å². The van der Waals surface area contributed by atoms with E-state index in [9.17, 15) is 0 Å². The van der Waals surface area contributed by atoms with Crippen molar-refractivity contribution >= 4 is 149 Å². The van der Waals surface area contributed by atoms with Gasteiger partial charge in [-0.25, -0.2) is 0 Å². The van der Waals surface area contributed by atoms with Crippen molar-refractivity contribution < 1.29 is 0 Å². The number of fused-ring (bicyclic) bond motifs is 12. The monoisotopic (exact) mass is 1770 g/mol. The van der Waals surface area contributed by atoms with Crippen LogP contribution < -0.4 is 26.2 Å². The molecular weight excluding hydrogens is 1670 g/mol. The molecule has 662 valence electrons. The Hall–Kier alpha value is -17.6. The lowest BCUT2D eigenvalue weighted by molar-refractivity contribution is 1.28. The molecule has 0 saturated heterocycles. The maximum Gasteiger partial charge on any atom is 0.0470 e. The summed E-state index contributed by atoms with van der Waals surface area (Å²) in [4.78, 5) is 2.28. The highest BCUT2D eigenvalue weighted by atomic mass is 15.1. The largest absolute Gasteiger partial charge is 0.356 e. The van der Waals surface area contributed by atoms with Crippen LogP contribution in [0.15, 0.2) is 522 Å². The Kier molecular flexibility index (Phi) is 26.4. The van der Waals surface area contributed by atoms with E-state index in [2.05, 4.69) is 570 Å². The van der Waals surface area contributed by atoms with Gasteiger partial charge in [0, 0.05) is 73.3 Å². The summed E-state index contributed by atoms with van der Waals surface area (Å²) < 4.78 is 0. The zero-order valence-corrected chi connectivity index (χ0v) is 78.1. The van der Waals surface area contributed by atoms with Gasteiger partial charge in [0.05, 0.1) is 0 Å². The predicted octanol–water partition coefficient (Wildman–Crippen LogP) is 38.0. The second kappa shape index (κ2) is 41.2. The predicted molar refractivity (Wildman–Crippen MR) is 597 cm³/mol. The highest BCUT2D eigenvalue weighted by molar-refractivity contribution is 6.16. The normalized spacial score (nSPS) is 10.9. The number of rotatable bonds is 16. The number of nitrogens with zero attached hydrogens (tertiary/aromatic N) is 1. The summed E-state index contributed by atoms with van der Waals surface area (Å²) in [7, 11) is 0. The molecular formula is C133H105N5. The quantitative estimate of drug-likeness (QED) is 0.0727. The second-order valence-corrected chi connectivity index (χ2v) is 35.5. The molecule has 0 atom stereocenters. The van der Waals surface area contributed by atoms with Crippen molar-refractivity contribution in [3.05, 3.63) is 550 Å². The zero-order valence-electron chi connectivity index (χ0n) is 78.1. The van der Waals surface area contributed by atoms with Gasteiger partial charge in [0.1, 0.15) is 0 Å². The lowest BCUT2D eigenvalue weighted by Gasteiger charge is -2.25. The number of anilines is 11. The highest BCUT2D eigenvalue weighted by Gasteiger charge is 2.16. The van der Waals surface area contributed by atoms with Crippen LogP contribution in [0, 0.1) is 34.6 Å². The molecule has 4 N–H and O–H groups in total. The SMILES string of the molecule is Cc1ccc(-c2ccc(N(c3ccccc3)c3ccccc3)cc2)cc1.Cc1ccc(-c2ccc(Nc3cc4ccccc4c4ccccc34)cc2)cc1.Cc1ccc(-c2ccc(Nc3ccc4c(ccc5ccccc54)c3)cc2)cc1.Cc1ccc(-c2ccc(Nc3ccc4ccc5ccccc5c4c3)cc2)cc1.Cc1ccc(-c2ccc(Nc3cccc4ccc5ccccc5c34)cc2)cc1. The Bertz CT molecular complexity index is 8160. The van der Waals surface area contributed by atoms with Gasteiger partial charge in [0.15, 0.2) is 0 Å². The van der Waals surface area contributed by atoms with E-state index in [0.29, 0.717) is 0 Å². The number of hydrogen-bond donors (Lipinski definition) is 4. The van der Waals surface area contributed by atoms with Crippen molar-refractivity contribution in [1.82, 2.24) is 0 Å². The maximum atomic E-state index is 3.63. The summed E-state index contributed by atoms with van der Waals surface area (Å²) in [5.74, 6) is 0. The standard InChI is InChI=1S/4C27H21N.C25H21N/c1-19-10-12-20(13-11-19)21-14-16-23(17-15-21)28-27-18-22-6-2-3-7-24(22)25-8-4-5-9-26(25)27;1-19-9-11-20(12-10-19)21-15-17-24(18-16-21)28-26-8-4-6-23-14-13-22-5-2-3-7-25(22)27(23)26;1-19-6-8-20(9-7-19)21-12-15-24(16-13-21)28-25-17-14-23-11-10-22-4-2-3-5-26(22)27(23)18-25;1-19-6-8-20(9-7-19)21-12-14-24(15-13-21)28-25-16-17-27-23(18-25)11-10-22-4-2-3-5-26(22)27;1-20-12-14-21(15-13-20)22-16-18-25(19-17-22)26(23-8-4-2-5-9-23)24-10-6-3-7-11-24/h4*2-18,28H,1H3;2-19H,1H3. The smallest absolute Gasteiger partial charge is 0.0470 e. The van der Waals surface area contributed by atoms with Crippen molar-refractivity contribution in [3.8, 4) is 55.6 Å². The third kappa shape index (κ3) is 20.7. The van der Waals surface area contributed by atoms with Crippen molar-refractivity contribution in [2.24, 2.45) is 0 Å². The topological polar surface area (TPSA) is 51.4 Å². The summed E-state index contributed by atoms with van der Waals surface area (Å²) in [6, 6.07) is 185. The van der Waals surface area contributed by atoms with Gasteiger partial charge in [0.25, 0.3) is 0 Å². The Labute approximate surface area is 809 Å². The molecule has 0 aromatic heterocycles. The van der Waals surface area contributed by atoms with Gasteiger partial charge >= 0.3 is 0 Å². The van der Waals surface area contributed by atoms with E-state index in [0.717, 1.165) is 62.6 Å². The molecule has 0 bridgehead atoms. The maximum absolute atomic E-state index is 3.63. The second-order valence-electron chi connectivity index (χ2n) is 35.5. The molecule has 5 nitrogen and oxygen atoms in total. The molecule has 0 heterocycles. The molecule has 138 heavy (non-hydrogen) atoms. The first-order chi connectivity index (χ1) is 67.9. The van der Waals surface area contributed by atoms with Gasteiger partial charge in [-0.1, -0.05) is 428 Å². The first-order valence-corrected chi connectivity index (χ1v) is 47.4. The van der Waals surface area contributed by atoms with Crippen LogP contribution >= 0.6 is 0 Å². The summed E-state index contributed by atoms with van der Waals surface area (Å²) in [6.45, 7) is 10.6. The molecule has 0 spiro atoms. The molecule has 24 rings (SSSR count). The van der Waals surface area contributed by atoms with Gasteiger partial charge in [-0.3, -0.25) is 0 Å². The van der Waals surface area contributed by atoms with E-state index in [4.69, 9.17) is 0 Å². The Morgan fingerprint density at radius 1 is 0.138 bits per heavy atom. The van der Waals surface area contributed by atoms with Crippen LogP contribution in [0.5, 0.6) is 0 Å². The minimum absolute atomic E-state index is 1.09. The number of nitrogens with one attached hydrogen (secondary N) is 4. The third-order valence-electron chi connectivity index (χ3n) is 25.8. The van der Waals surface area contributed by atoms with Crippen LogP contribution in [0.2, 0.25) is 0 Å². The molecule has 5 heteroatoms. The average molecular weight is 1770 g/mol. The number of aryl methyl sites for hydroxylation is 5. The molecule has 0 aliphatic carbocycles. The van der Waals surface area contributed by atoms with E-state index in [1.54, 1.807) is 0 Å². The molecule has 0 aliphatic rings. The lowest BCUT2D eigenvalue weighted by atomic mass is 10.00. The van der Waals surface area contributed by atoms with Crippen molar-refractivity contribution in [1.29, 1.82) is 0 Å². The number of para-hydroxylation sites is 2. The third-order valence-corrected chi connectivity index (χ3v) is 25.8. The Morgan fingerprint density at radius 2 is 0.391 bits per heavy atom. The van der Waals surface area contributed by atoms with E-state index < -0.39 is 0 Å². The van der Waals surface area contributed by atoms with Crippen LogP contribution in [0.1, 0.15) is 27.8 Å². The van der Waals surface area contributed by atoms with Crippen molar-refractivity contribution in [3.63, 3.8) is 0 Å². The van der Waals surface area contributed by atoms with Gasteiger partial charge in [0.2, 0.25) is 0 Å². The van der Waals surface area contributed by atoms with Crippen molar-refractivity contribution in [2.75, 3.05) is 26.2 Å². The average Bonchev–Trinajstić information content (AvgIpc) is 0.781.